The molecular weight excluding hydrogens is 1020 g/mol. The second kappa shape index (κ2) is 25.4. The number of carboxylic acid groups (broad SMARTS) is 8. The van der Waals surface area contributed by atoms with Crippen LogP contribution in [0.4, 0.5) is 0 Å². The first-order valence-electron chi connectivity index (χ1n) is 18.8. The summed E-state index contributed by atoms with van der Waals surface area (Å²) in [6, 6.07) is 0. The van der Waals surface area contributed by atoms with Gasteiger partial charge in [-0.1, -0.05) is 0 Å². The highest BCUT2D eigenvalue weighted by Gasteiger charge is 2.49. The molecule has 0 amide bonds. The Morgan fingerprint density at radius 2 is 0.301 bits per heavy atom. The van der Waals surface area contributed by atoms with Gasteiger partial charge in [0.2, 0.25) is 0 Å². The van der Waals surface area contributed by atoms with Gasteiger partial charge in [-0.2, -0.15) is 0 Å². The summed E-state index contributed by atoms with van der Waals surface area (Å²) in [6.45, 7) is 0. The molecule has 0 saturated carbocycles. The number of esters is 10. The predicted molar refractivity (Wildman–Crippen MR) is 202 cm³/mol. The third-order valence-electron chi connectivity index (χ3n) is 8.78. The first kappa shape index (κ1) is 64.2. The van der Waals surface area contributed by atoms with Crippen molar-refractivity contribution in [1.82, 2.24) is 0 Å². The van der Waals surface area contributed by atoms with Crippen molar-refractivity contribution in [3.63, 3.8) is 0 Å². The zero-order chi connectivity index (χ0) is 57.4. The first-order chi connectivity index (χ1) is 33.0. The number of aliphatic hydroxyl groups is 6. The van der Waals surface area contributed by atoms with Gasteiger partial charge in [-0.3, -0.25) is 57.5 Å². The fraction of sp³-hybridized carbons (Fsp3) is 0.500. The van der Waals surface area contributed by atoms with Gasteiger partial charge in [0.25, 0.3) is 0 Å². The van der Waals surface area contributed by atoms with Crippen molar-refractivity contribution in [2.45, 2.75) is 111 Å². The minimum absolute atomic E-state index is 1.62. The second-order valence-corrected chi connectivity index (χ2v) is 15.2. The van der Waals surface area contributed by atoms with E-state index in [4.69, 9.17) is 20.4 Å². The molecule has 0 radical (unpaired) electrons. The van der Waals surface area contributed by atoms with Gasteiger partial charge >= 0.3 is 107 Å². The van der Waals surface area contributed by atoms with Crippen molar-refractivity contribution >= 4 is 107 Å². The molecule has 404 valence electrons. The Morgan fingerprint density at radius 1 is 0.205 bits per heavy atom. The molecule has 0 fully saturated rings. The van der Waals surface area contributed by atoms with Gasteiger partial charge in [-0.15, -0.1) is 0 Å². The van der Waals surface area contributed by atoms with E-state index >= 15 is 0 Å². The smallest absolute Gasteiger partial charge is 0.336 e. The molecule has 0 aliphatic heterocycles. The Hall–Kier alpha value is -8.78. The number of carboxylic acids is 8. The van der Waals surface area contributed by atoms with Crippen LogP contribution in [0, 0.1) is 0 Å². The molecule has 0 spiro atoms. The zero-order valence-corrected chi connectivity index (χ0v) is 36.1. The molecule has 0 aliphatic carbocycles. The van der Waals surface area contributed by atoms with Crippen LogP contribution in [-0.2, 0) is 110 Å². The normalized spacial score (nSPS) is 15.8. The van der Waals surface area contributed by atoms with Crippen LogP contribution >= 0.6 is 0 Å². The molecule has 0 aromatic carbocycles. The minimum Gasteiger partial charge on any atom is -0.481 e. The van der Waals surface area contributed by atoms with E-state index in [1.807, 2.05) is 0 Å². The SMILES string of the molecule is O=C(O)CC(O)(CC(=O)OC(=O)CC(O)(CC(=O)OC(=O)CC(O)(CC(=O)OC(=O)CC(O)(CC(=O)OC(=O)CC(O)(CC(=O)OC(=O)CC(O)(CC(=O)O)C(=O)O)C(=O)O)C(=O)O)C(=O)O)C(=O)O)C(=O)O. The molecule has 0 heterocycles. The van der Waals surface area contributed by atoms with E-state index in [9.17, 15) is 137 Å². The number of carbonyl (C=O) groups excluding carboxylic acids is 10. The number of ether oxygens (including phenoxy) is 5. The van der Waals surface area contributed by atoms with Crippen molar-refractivity contribution in [3.8, 4) is 0 Å². The lowest BCUT2D eigenvalue weighted by molar-refractivity contribution is -0.182. The minimum atomic E-state index is -3.79. The van der Waals surface area contributed by atoms with Crippen LogP contribution < -0.4 is 0 Å². The molecule has 0 bridgehead atoms. The number of hydrogen-bond acceptors (Lipinski definition) is 29. The molecule has 6 unspecified atom stereocenters. The van der Waals surface area contributed by atoms with Crippen molar-refractivity contribution in [2.75, 3.05) is 0 Å². The summed E-state index contributed by atoms with van der Waals surface area (Å²) in [4.78, 5) is 213. The lowest BCUT2D eigenvalue weighted by Crippen LogP contribution is -2.47. The highest BCUT2D eigenvalue weighted by Crippen LogP contribution is 2.25. The van der Waals surface area contributed by atoms with E-state index in [2.05, 4.69) is 23.7 Å². The number of carbonyl (C=O) groups is 18. The number of rotatable bonds is 30. The Labute approximate surface area is 399 Å². The Bertz CT molecular complexity index is 2200. The summed E-state index contributed by atoms with van der Waals surface area (Å²) in [5.74, 6) is -40.0. The van der Waals surface area contributed by atoms with Crippen molar-refractivity contribution in [2.24, 2.45) is 0 Å². The van der Waals surface area contributed by atoms with Gasteiger partial charge in [-0.25, -0.2) is 28.8 Å². The molecule has 37 heteroatoms. The summed E-state index contributed by atoms with van der Waals surface area (Å²) in [5.41, 5.74) is -21.7. The maximum absolute atomic E-state index is 12.4. The molecular formula is C36H38O37. The molecule has 37 nitrogen and oxygen atoms in total. The van der Waals surface area contributed by atoms with Crippen LogP contribution in [0.25, 0.3) is 0 Å². The lowest BCUT2D eigenvalue weighted by atomic mass is 9.94. The zero-order valence-electron chi connectivity index (χ0n) is 36.1. The van der Waals surface area contributed by atoms with Crippen molar-refractivity contribution < 1.29 is 181 Å². The number of aliphatic carboxylic acids is 8. The van der Waals surface area contributed by atoms with Crippen LogP contribution in [0.1, 0.15) is 77.0 Å². The highest BCUT2D eigenvalue weighted by molar-refractivity contribution is 6.00. The largest absolute Gasteiger partial charge is 0.481 e. The molecule has 14 N–H and O–H groups in total. The van der Waals surface area contributed by atoms with E-state index in [1.54, 1.807) is 0 Å². The Morgan fingerprint density at radius 3 is 0.384 bits per heavy atom. The average Bonchev–Trinajstić information content (AvgIpc) is 3.15. The fourth-order valence-corrected chi connectivity index (χ4v) is 5.17. The Kier molecular flexibility index (Phi) is 22.3. The summed E-state index contributed by atoms with van der Waals surface area (Å²) >= 11 is 0. The van der Waals surface area contributed by atoms with Crippen molar-refractivity contribution in [3.05, 3.63) is 0 Å². The van der Waals surface area contributed by atoms with Crippen molar-refractivity contribution in [1.29, 1.82) is 0 Å². The van der Waals surface area contributed by atoms with Gasteiger partial charge in [0, 0.05) is 0 Å². The van der Waals surface area contributed by atoms with Crippen LogP contribution in [0.2, 0.25) is 0 Å². The quantitative estimate of drug-likeness (QED) is 0.0180. The van der Waals surface area contributed by atoms with Crippen LogP contribution in [0.3, 0.4) is 0 Å². The van der Waals surface area contributed by atoms with E-state index in [0.717, 1.165) is 0 Å². The topological polar surface area (TPSA) is 637 Å². The first-order valence-corrected chi connectivity index (χ1v) is 18.8. The van der Waals surface area contributed by atoms with E-state index in [-0.39, 0.29) is 0 Å². The van der Waals surface area contributed by atoms with Crippen LogP contribution in [0.15, 0.2) is 0 Å². The standard InChI is InChI=1S/C36H38O37/c37-13(38)1-31(63,25(51)52)3-15(41)69-17(43)5-33(65,27(55)56)7-19(45)71-21(47)9-35(67,29(59)60)11-23(49)73-24(50)12-36(68,30(61)62)10-22(48)72-20(46)8-34(66,28(57)58)6-18(44)70-16(42)4-32(64,26(53)54)2-14(39)40/h63-68H,1-12H2,(H,37,38)(H,39,40)(H,51,52)(H,53,54)(H,55,56)(H,57,58)(H,59,60)(H,61,62). The third-order valence-corrected chi connectivity index (χ3v) is 8.78. The van der Waals surface area contributed by atoms with Crippen LogP contribution in [0.5, 0.6) is 0 Å². The predicted octanol–water partition coefficient (Wildman–Crippen LogP) is -7.92. The molecule has 0 aromatic rings. The number of hydrogen-bond donors (Lipinski definition) is 14. The third kappa shape index (κ3) is 20.6. The lowest BCUT2D eigenvalue weighted by Gasteiger charge is -2.24. The molecule has 0 rings (SSSR count). The van der Waals surface area contributed by atoms with E-state index < -0.39 is 218 Å². The van der Waals surface area contributed by atoms with Gasteiger partial charge < -0.3 is 95.2 Å². The summed E-state index contributed by atoms with van der Waals surface area (Å²) < 4.78 is 20.2. The summed E-state index contributed by atoms with van der Waals surface area (Å²) in [7, 11) is 0. The maximum atomic E-state index is 12.4. The summed E-state index contributed by atoms with van der Waals surface area (Å²) in [6.07, 6.45) is -22.6. The Balaban J connectivity index is 5.73. The van der Waals surface area contributed by atoms with Gasteiger partial charge in [0.15, 0.2) is 33.6 Å². The maximum Gasteiger partial charge on any atom is 0.336 e. The molecule has 0 aliphatic rings. The van der Waals surface area contributed by atoms with E-state index in [1.165, 1.54) is 0 Å². The van der Waals surface area contributed by atoms with Gasteiger partial charge in [-0.05, 0) is 0 Å². The van der Waals surface area contributed by atoms with E-state index in [0.29, 0.717) is 0 Å². The fourth-order valence-electron chi connectivity index (χ4n) is 5.17. The molecule has 0 saturated heterocycles. The van der Waals surface area contributed by atoms with Gasteiger partial charge in [0.1, 0.15) is 0 Å². The molecule has 6 atom stereocenters. The van der Waals surface area contributed by atoms with Crippen LogP contribution in [-0.4, -0.2) is 213 Å². The van der Waals surface area contributed by atoms with Gasteiger partial charge in [0.05, 0.1) is 77.0 Å². The second-order valence-electron chi connectivity index (χ2n) is 15.2. The molecule has 0 aromatic heterocycles. The average molecular weight is 1060 g/mol. The molecule has 73 heavy (non-hydrogen) atoms. The monoisotopic (exact) mass is 1060 g/mol. The highest BCUT2D eigenvalue weighted by atomic mass is 16.6. The summed E-state index contributed by atoms with van der Waals surface area (Å²) in [5, 5.41) is 134.